The highest BCUT2D eigenvalue weighted by Gasteiger charge is 2.38. The number of rotatable bonds is 7. The van der Waals surface area contributed by atoms with Crippen LogP contribution in [-0.4, -0.2) is 64.7 Å². The first-order valence-electron chi connectivity index (χ1n) is 12.3. The van der Waals surface area contributed by atoms with E-state index in [2.05, 4.69) is 10.2 Å². The smallest absolute Gasteiger partial charge is 0.269 e. The maximum atomic E-state index is 13.3. The van der Waals surface area contributed by atoms with Gasteiger partial charge in [-0.3, -0.25) is 29.4 Å². The Bertz CT molecular complexity index is 1100. The van der Waals surface area contributed by atoms with Gasteiger partial charge in [0, 0.05) is 49.9 Å². The summed E-state index contributed by atoms with van der Waals surface area (Å²) in [6, 6.07) is 13.8. The molecule has 3 atom stereocenters. The highest BCUT2D eigenvalue weighted by molar-refractivity contribution is 5.94. The average molecular weight is 494 g/mol. The molecule has 2 fully saturated rings. The Kier molecular flexibility index (Phi) is 7.94. The van der Waals surface area contributed by atoms with Crippen LogP contribution in [0, 0.1) is 16.0 Å². The zero-order valence-electron chi connectivity index (χ0n) is 20.0. The van der Waals surface area contributed by atoms with Crippen LogP contribution in [0.4, 0.5) is 5.69 Å². The third-order valence-corrected chi connectivity index (χ3v) is 7.17. The number of primary amides is 1. The molecule has 1 heterocycles. The van der Waals surface area contributed by atoms with Crippen molar-refractivity contribution in [3.8, 4) is 0 Å². The number of nitrogens with zero attached hydrogens (tertiary/aromatic N) is 3. The SMILES string of the molecule is NC(=O)[C@@H](NC(=O)[C@@H]1CCCC[C@H]1N1CCN(C(=O)c2ccc([N+](=O)[O-])cc2)CC1)c1ccccc1. The molecule has 0 bridgehead atoms. The molecule has 3 amide bonds. The van der Waals surface area contributed by atoms with Crippen LogP contribution in [0.25, 0.3) is 0 Å². The Morgan fingerprint density at radius 2 is 1.58 bits per heavy atom. The largest absolute Gasteiger partial charge is 0.368 e. The number of hydrogen-bond acceptors (Lipinski definition) is 6. The summed E-state index contributed by atoms with van der Waals surface area (Å²) in [5.74, 6) is -1.19. The average Bonchev–Trinajstić information content (AvgIpc) is 2.91. The van der Waals surface area contributed by atoms with Crippen LogP contribution < -0.4 is 11.1 Å². The molecule has 0 spiro atoms. The minimum atomic E-state index is -0.877. The van der Waals surface area contributed by atoms with Crippen molar-refractivity contribution in [2.75, 3.05) is 26.2 Å². The summed E-state index contributed by atoms with van der Waals surface area (Å²) in [6.07, 6.45) is 3.58. The maximum Gasteiger partial charge on any atom is 0.269 e. The molecule has 1 aliphatic heterocycles. The second kappa shape index (κ2) is 11.3. The van der Waals surface area contributed by atoms with Crippen molar-refractivity contribution in [3.63, 3.8) is 0 Å². The van der Waals surface area contributed by atoms with E-state index in [1.807, 2.05) is 6.07 Å². The number of non-ortho nitro benzene ring substituents is 1. The zero-order valence-corrected chi connectivity index (χ0v) is 20.0. The lowest BCUT2D eigenvalue weighted by atomic mass is 9.82. The van der Waals surface area contributed by atoms with Gasteiger partial charge >= 0.3 is 0 Å². The molecule has 1 saturated heterocycles. The van der Waals surface area contributed by atoms with Crippen molar-refractivity contribution in [2.45, 2.75) is 37.8 Å². The lowest BCUT2D eigenvalue weighted by Gasteiger charge is -2.44. The van der Waals surface area contributed by atoms with Crippen LogP contribution in [0.3, 0.4) is 0 Å². The predicted molar refractivity (Wildman–Crippen MR) is 133 cm³/mol. The molecule has 1 saturated carbocycles. The van der Waals surface area contributed by atoms with Gasteiger partial charge in [0.2, 0.25) is 11.8 Å². The molecule has 190 valence electrons. The molecule has 10 heteroatoms. The van der Waals surface area contributed by atoms with Gasteiger partial charge in [-0.05, 0) is 30.5 Å². The summed E-state index contributed by atoms with van der Waals surface area (Å²) < 4.78 is 0. The topological polar surface area (TPSA) is 139 Å². The Morgan fingerprint density at radius 1 is 0.944 bits per heavy atom. The van der Waals surface area contributed by atoms with Crippen molar-refractivity contribution in [1.29, 1.82) is 0 Å². The molecule has 2 aromatic rings. The quantitative estimate of drug-likeness (QED) is 0.448. The maximum absolute atomic E-state index is 13.3. The summed E-state index contributed by atoms with van der Waals surface area (Å²) >= 11 is 0. The molecule has 0 unspecified atom stereocenters. The highest BCUT2D eigenvalue weighted by atomic mass is 16.6. The summed E-state index contributed by atoms with van der Waals surface area (Å²) in [5.41, 5.74) is 6.63. The fourth-order valence-electron chi connectivity index (χ4n) is 5.23. The second-order valence-corrected chi connectivity index (χ2v) is 9.35. The van der Waals surface area contributed by atoms with Crippen molar-refractivity contribution in [2.24, 2.45) is 11.7 Å². The number of carbonyl (C=O) groups excluding carboxylic acids is 3. The molecule has 2 aliphatic rings. The standard InChI is InChI=1S/C26H31N5O5/c27-24(32)23(18-6-2-1-3-7-18)28-25(33)21-8-4-5-9-22(21)29-14-16-30(17-15-29)26(34)19-10-12-20(13-11-19)31(35)36/h1-3,6-7,10-13,21-23H,4-5,8-9,14-17H2,(H2,27,32)(H,28,33)/t21-,22-,23+/m1/s1. The van der Waals surface area contributed by atoms with Gasteiger partial charge in [0.15, 0.2) is 0 Å². The van der Waals surface area contributed by atoms with E-state index in [9.17, 15) is 24.5 Å². The summed E-state index contributed by atoms with van der Waals surface area (Å²) in [4.78, 5) is 52.7. The Labute approximate surface area is 209 Å². The van der Waals surface area contributed by atoms with Crippen LogP contribution >= 0.6 is 0 Å². The Morgan fingerprint density at radius 3 is 2.19 bits per heavy atom. The number of nitro benzene ring substituents is 1. The van der Waals surface area contributed by atoms with Crippen molar-refractivity contribution < 1.29 is 19.3 Å². The van der Waals surface area contributed by atoms with Crippen LogP contribution in [-0.2, 0) is 9.59 Å². The summed E-state index contributed by atoms with van der Waals surface area (Å²) in [6.45, 7) is 2.28. The van der Waals surface area contributed by atoms with Gasteiger partial charge in [-0.2, -0.15) is 0 Å². The number of nitrogens with two attached hydrogens (primary N) is 1. The van der Waals surface area contributed by atoms with Crippen LogP contribution in [0.5, 0.6) is 0 Å². The van der Waals surface area contributed by atoms with E-state index >= 15 is 0 Å². The molecule has 3 N–H and O–H groups in total. The van der Waals surface area contributed by atoms with Gasteiger partial charge in [0.25, 0.3) is 11.6 Å². The molecule has 0 radical (unpaired) electrons. The van der Waals surface area contributed by atoms with Crippen LogP contribution in [0.15, 0.2) is 54.6 Å². The first-order valence-corrected chi connectivity index (χ1v) is 12.3. The number of nitrogens with one attached hydrogen (secondary N) is 1. The van der Waals surface area contributed by atoms with E-state index < -0.39 is 16.9 Å². The molecular formula is C26H31N5O5. The molecule has 0 aromatic heterocycles. The van der Waals surface area contributed by atoms with Crippen LogP contribution in [0.2, 0.25) is 0 Å². The number of amides is 3. The first-order chi connectivity index (χ1) is 17.3. The van der Waals surface area contributed by atoms with Gasteiger partial charge in [-0.25, -0.2) is 0 Å². The van der Waals surface area contributed by atoms with E-state index in [0.29, 0.717) is 37.3 Å². The zero-order chi connectivity index (χ0) is 25.7. The van der Waals surface area contributed by atoms with Crippen molar-refractivity contribution in [3.05, 3.63) is 75.8 Å². The number of carbonyl (C=O) groups is 3. The first kappa shape index (κ1) is 25.3. The third-order valence-electron chi connectivity index (χ3n) is 7.17. The monoisotopic (exact) mass is 493 g/mol. The molecule has 4 rings (SSSR count). The highest BCUT2D eigenvalue weighted by Crippen LogP contribution is 2.30. The van der Waals surface area contributed by atoms with E-state index in [4.69, 9.17) is 5.73 Å². The van der Waals surface area contributed by atoms with E-state index in [1.165, 1.54) is 24.3 Å². The van der Waals surface area contributed by atoms with Gasteiger partial charge in [0.1, 0.15) is 6.04 Å². The summed E-state index contributed by atoms with van der Waals surface area (Å²) in [5, 5.41) is 13.7. The molecule has 2 aromatic carbocycles. The molecular weight excluding hydrogens is 462 g/mol. The van der Waals surface area contributed by atoms with Gasteiger partial charge in [-0.15, -0.1) is 0 Å². The van der Waals surface area contributed by atoms with E-state index in [0.717, 1.165) is 25.7 Å². The second-order valence-electron chi connectivity index (χ2n) is 9.35. The molecule has 10 nitrogen and oxygen atoms in total. The van der Waals surface area contributed by atoms with Crippen molar-refractivity contribution >= 4 is 23.4 Å². The number of benzene rings is 2. The fraction of sp³-hybridized carbons (Fsp3) is 0.423. The van der Waals surface area contributed by atoms with Gasteiger partial charge in [-0.1, -0.05) is 43.2 Å². The number of nitro groups is 1. The Hall–Kier alpha value is -3.79. The van der Waals surface area contributed by atoms with Gasteiger partial charge < -0.3 is 16.0 Å². The third kappa shape index (κ3) is 5.71. The van der Waals surface area contributed by atoms with Gasteiger partial charge in [0.05, 0.1) is 10.8 Å². The summed E-state index contributed by atoms with van der Waals surface area (Å²) in [7, 11) is 0. The molecule has 36 heavy (non-hydrogen) atoms. The minimum absolute atomic E-state index is 0.0275. The number of piperazine rings is 1. The van der Waals surface area contributed by atoms with Crippen LogP contribution in [0.1, 0.15) is 47.6 Å². The Balaban J connectivity index is 1.38. The lowest BCUT2D eigenvalue weighted by molar-refractivity contribution is -0.384. The van der Waals surface area contributed by atoms with E-state index in [1.54, 1.807) is 29.2 Å². The fourth-order valence-corrected chi connectivity index (χ4v) is 5.23. The predicted octanol–water partition coefficient (Wildman–Crippen LogP) is 2.25. The number of hydrogen-bond donors (Lipinski definition) is 2. The van der Waals surface area contributed by atoms with E-state index in [-0.39, 0.29) is 29.5 Å². The minimum Gasteiger partial charge on any atom is -0.368 e. The van der Waals surface area contributed by atoms with Crippen molar-refractivity contribution in [1.82, 2.24) is 15.1 Å². The normalized spacial score (nSPS) is 21.4. The lowest BCUT2D eigenvalue weighted by Crippen LogP contribution is -2.56. The molecule has 1 aliphatic carbocycles.